The van der Waals surface area contributed by atoms with Gasteiger partial charge in [0.25, 0.3) is 0 Å². The molecule has 1 fully saturated rings. The topological polar surface area (TPSA) is 63.1 Å². The molecule has 0 unspecified atom stereocenters. The van der Waals surface area contributed by atoms with E-state index in [2.05, 4.69) is 19.9 Å². The van der Waals surface area contributed by atoms with E-state index < -0.39 is 0 Å². The van der Waals surface area contributed by atoms with Crippen LogP contribution in [0, 0.1) is 0 Å². The number of hydrogen-bond acceptors (Lipinski definition) is 3. The summed E-state index contributed by atoms with van der Waals surface area (Å²) >= 11 is 6.10. The van der Waals surface area contributed by atoms with E-state index in [9.17, 15) is 4.79 Å². The van der Waals surface area contributed by atoms with Gasteiger partial charge in [-0.2, -0.15) is 0 Å². The first-order valence-corrected chi connectivity index (χ1v) is 8.68. The summed E-state index contributed by atoms with van der Waals surface area (Å²) in [6, 6.07) is 11.3. The minimum absolute atomic E-state index is 0.111. The number of benzene rings is 1. The fourth-order valence-electron chi connectivity index (χ4n) is 3.24. The summed E-state index contributed by atoms with van der Waals surface area (Å²) in [5.74, 6) is 0. The number of para-hydroxylation sites is 1. The summed E-state index contributed by atoms with van der Waals surface area (Å²) in [7, 11) is 0. The van der Waals surface area contributed by atoms with Crippen LogP contribution in [0.2, 0.25) is 5.02 Å². The molecule has 0 aliphatic carbocycles. The molecule has 7 heteroatoms. The molecule has 3 heterocycles. The lowest BCUT2D eigenvalue weighted by atomic mass is 10.1. The van der Waals surface area contributed by atoms with E-state index in [-0.39, 0.29) is 6.03 Å². The van der Waals surface area contributed by atoms with Gasteiger partial charge < -0.3 is 14.8 Å². The van der Waals surface area contributed by atoms with Gasteiger partial charge in [0.05, 0.1) is 17.0 Å². The second-order valence-electron chi connectivity index (χ2n) is 6.13. The molecule has 3 aromatic rings. The highest BCUT2D eigenvalue weighted by atomic mass is 35.5. The third kappa shape index (κ3) is 3.17. The minimum Gasteiger partial charge on any atom is -0.324 e. The van der Waals surface area contributed by atoms with Gasteiger partial charge in [0, 0.05) is 25.3 Å². The average Bonchev–Trinajstić information content (AvgIpc) is 3.08. The van der Waals surface area contributed by atoms with Gasteiger partial charge in [0.1, 0.15) is 5.52 Å². The summed E-state index contributed by atoms with van der Waals surface area (Å²) in [6.45, 7) is 1.38. The first-order valence-electron chi connectivity index (χ1n) is 8.30. The Bertz CT molecular complexity index is 901. The molecule has 0 radical (unpaired) electrons. The van der Waals surface area contributed by atoms with Crippen molar-refractivity contribution >= 4 is 34.5 Å². The van der Waals surface area contributed by atoms with Gasteiger partial charge in [0.15, 0.2) is 5.65 Å². The lowest BCUT2D eigenvalue weighted by Crippen LogP contribution is -2.41. The standard InChI is InChI=1S/C18H18ClN5O/c19-14-4-1-2-5-15(14)22-18(25)23-10-7-13(8-11-23)24-12-21-16-6-3-9-20-17(16)24/h1-6,9,12-13H,7-8,10-11H2,(H,22,25). The molecule has 0 atom stereocenters. The Morgan fingerprint density at radius 1 is 1.12 bits per heavy atom. The van der Waals surface area contributed by atoms with Gasteiger partial charge in [-0.1, -0.05) is 23.7 Å². The van der Waals surface area contributed by atoms with Gasteiger partial charge in [-0.3, -0.25) is 0 Å². The van der Waals surface area contributed by atoms with E-state index in [0.717, 1.165) is 24.0 Å². The Labute approximate surface area is 150 Å². The Morgan fingerprint density at radius 2 is 1.92 bits per heavy atom. The summed E-state index contributed by atoms with van der Waals surface area (Å²) in [4.78, 5) is 23.1. The minimum atomic E-state index is -0.111. The number of rotatable bonds is 2. The number of nitrogens with zero attached hydrogens (tertiary/aromatic N) is 4. The third-order valence-electron chi connectivity index (χ3n) is 4.59. The van der Waals surface area contributed by atoms with Crippen molar-refractivity contribution in [1.82, 2.24) is 19.4 Å². The van der Waals surface area contributed by atoms with E-state index in [0.29, 0.717) is 29.8 Å². The highest BCUT2D eigenvalue weighted by Gasteiger charge is 2.25. The second kappa shape index (κ2) is 6.72. The van der Waals surface area contributed by atoms with Crippen molar-refractivity contribution in [2.45, 2.75) is 18.9 Å². The van der Waals surface area contributed by atoms with Gasteiger partial charge in [-0.25, -0.2) is 14.8 Å². The van der Waals surface area contributed by atoms with Gasteiger partial charge >= 0.3 is 6.03 Å². The fourth-order valence-corrected chi connectivity index (χ4v) is 3.42. The fraction of sp³-hybridized carbons (Fsp3) is 0.278. The highest BCUT2D eigenvalue weighted by Crippen LogP contribution is 2.27. The molecular formula is C18H18ClN5O. The maximum absolute atomic E-state index is 12.4. The Hall–Kier alpha value is -2.60. The van der Waals surface area contributed by atoms with Crippen molar-refractivity contribution in [2.75, 3.05) is 18.4 Å². The van der Waals surface area contributed by atoms with Gasteiger partial charge in [-0.05, 0) is 37.1 Å². The molecule has 1 saturated heterocycles. The Kier molecular flexibility index (Phi) is 4.28. The van der Waals surface area contributed by atoms with Crippen LogP contribution in [0.15, 0.2) is 48.9 Å². The largest absolute Gasteiger partial charge is 0.324 e. The summed E-state index contributed by atoms with van der Waals surface area (Å²) in [5, 5.41) is 3.43. The predicted molar refractivity (Wildman–Crippen MR) is 97.8 cm³/mol. The summed E-state index contributed by atoms with van der Waals surface area (Å²) < 4.78 is 2.12. The van der Waals surface area contributed by atoms with Crippen LogP contribution in [0.4, 0.5) is 10.5 Å². The zero-order chi connectivity index (χ0) is 17.2. The predicted octanol–water partition coefficient (Wildman–Crippen LogP) is 3.95. The molecule has 128 valence electrons. The molecule has 0 bridgehead atoms. The number of aromatic nitrogens is 3. The smallest absolute Gasteiger partial charge is 0.321 e. The molecule has 4 rings (SSSR count). The van der Waals surface area contributed by atoms with E-state index in [1.54, 1.807) is 18.3 Å². The van der Waals surface area contributed by atoms with Gasteiger partial charge in [-0.15, -0.1) is 0 Å². The summed E-state index contributed by atoms with van der Waals surface area (Å²) in [6.07, 6.45) is 5.38. The number of hydrogen-bond donors (Lipinski definition) is 1. The number of likely N-dealkylation sites (tertiary alicyclic amines) is 1. The quantitative estimate of drug-likeness (QED) is 0.757. The molecule has 1 aliphatic rings. The third-order valence-corrected chi connectivity index (χ3v) is 4.92. The number of pyridine rings is 1. The van der Waals surface area contributed by atoms with E-state index in [1.807, 2.05) is 35.5 Å². The van der Waals surface area contributed by atoms with Crippen LogP contribution in [0.3, 0.4) is 0 Å². The van der Waals surface area contributed by atoms with Crippen LogP contribution in [0.5, 0.6) is 0 Å². The van der Waals surface area contributed by atoms with Crippen molar-refractivity contribution in [3.63, 3.8) is 0 Å². The number of amides is 2. The maximum atomic E-state index is 12.4. The number of carbonyl (C=O) groups excluding carboxylic acids is 1. The number of halogens is 1. The Balaban J connectivity index is 1.41. The van der Waals surface area contributed by atoms with Crippen LogP contribution < -0.4 is 5.32 Å². The number of imidazole rings is 1. The number of nitrogens with one attached hydrogen (secondary N) is 1. The Morgan fingerprint density at radius 3 is 2.72 bits per heavy atom. The SMILES string of the molecule is O=C(Nc1ccccc1Cl)N1CCC(n2cnc3cccnc32)CC1. The average molecular weight is 356 g/mol. The van der Waals surface area contributed by atoms with Crippen molar-refractivity contribution in [3.8, 4) is 0 Å². The van der Waals surface area contributed by atoms with Crippen molar-refractivity contribution in [2.24, 2.45) is 0 Å². The number of urea groups is 1. The first kappa shape index (κ1) is 15.9. The number of anilines is 1. The monoisotopic (exact) mass is 355 g/mol. The van der Waals surface area contributed by atoms with E-state index >= 15 is 0 Å². The number of fused-ring (bicyclic) bond motifs is 1. The zero-order valence-corrected chi connectivity index (χ0v) is 14.4. The lowest BCUT2D eigenvalue weighted by molar-refractivity contribution is 0.184. The maximum Gasteiger partial charge on any atom is 0.321 e. The lowest BCUT2D eigenvalue weighted by Gasteiger charge is -2.32. The number of carbonyl (C=O) groups is 1. The normalized spacial score (nSPS) is 15.5. The van der Waals surface area contributed by atoms with Crippen molar-refractivity contribution < 1.29 is 4.79 Å². The van der Waals surface area contributed by atoms with Crippen molar-refractivity contribution in [1.29, 1.82) is 0 Å². The van der Waals surface area contributed by atoms with Crippen LogP contribution in [0.1, 0.15) is 18.9 Å². The summed E-state index contributed by atoms with van der Waals surface area (Å²) in [5.41, 5.74) is 2.45. The molecule has 6 nitrogen and oxygen atoms in total. The molecule has 1 aliphatic heterocycles. The molecule has 2 amide bonds. The second-order valence-corrected chi connectivity index (χ2v) is 6.53. The van der Waals surface area contributed by atoms with Crippen molar-refractivity contribution in [3.05, 3.63) is 53.9 Å². The molecule has 1 aromatic carbocycles. The van der Waals surface area contributed by atoms with E-state index in [4.69, 9.17) is 11.6 Å². The molecular weight excluding hydrogens is 338 g/mol. The van der Waals surface area contributed by atoms with E-state index in [1.165, 1.54) is 0 Å². The molecule has 0 spiro atoms. The molecule has 1 N–H and O–H groups in total. The van der Waals surface area contributed by atoms with Crippen LogP contribution in [-0.4, -0.2) is 38.6 Å². The molecule has 2 aromatic heterocycles. The van der Waals surface area contributed by atoms with Crippen LogP contribution in [0.25, 0.3) is 11.2 Å². The zero-order valence-electron chi connectivity index (χ0n) is 13.6. The first-order chi connectivity index (χ1) is 12.2. The van der Waals surface area contributed by atoms with Crippen LogP contribution in [-0.2, 0) is 0 Å². The molecule has 25 heavy (non-hydrogen) atoms. The highest BCUT2D eigenvalue weighted by molar-refractivity contribution is 6.33. The van der Waals surface area contributed by atoms with Gasteiger partial charge in [0.2, 0.25) is 0 Å². The molecule has 0 saturated carbocycles. The van der Waals surface area contributed by atoms with Crippen LogP contribution >= 0.6 is 11.6 Å². The number of piperidine rings is 1.